The summed E-state index contributed by atoms with van der Waals surface area (Å²) in [5.41, 5.74) is 1.48. The second-order valence-corrected chi connectivity index (χ2v) is 8.10. The molecule has 31 heavy (non-hydrogen) atoms. The van der Waals surface area contributed by atoms with Crippen LogP contribution >= 0.6 is 0 Å². The molecule has 0 bridgehead atoms. The van der Waals surface area contributed by atoms with Gasteiger partial charge in [-0.1, -0.05) is 20.8 Å². The first-order chi connectivity index (χ1) is 14.4. The Morgan fingerprint density at radius 1 is 1.00 bits per heavy atom. The van der Waals surface area contributed by atoms with Crippen molar-refractivity contribution in [3.05, 3.63) is 41.5 Å². The molecule has 0 aromatic heterocycles. The molecule has 8 nitrogen and oxygen atoms in total. The third-order valence-corrected chi connectivity index (χ3v) is 4.30. The summed E-state index contributed by atoms with van der Waals surface area (Å²) in [6.07, 6.45) is 0. The zero-order valence-electron chi connectivity index (χ0n) is 18.6. The standard InChI is InChI=1S/C23H28N2O6/c1-7-30-21(28)20(27)24-15-10-13(2)19(14(3)11-15)31-16-8-9-18(26)17(12-16)25-22(29)23(4,5)6/h8-12,26H,7H2,1-6H3,(H,24,27)(H,25,29). The molecule has 3 N–H and O–H groups in total. The monoisotopic (exact) mass is 428 g/mol. The Morgan fingerprint density at radius 2 is 1.61 bits per heavy atom. The quantitative estimate of drug-likeness (QED) is 0.372. The number of amides is 2. The molecule has 0 atom stereocenters. The van der Waals surface area contributed by atoms with Crippen molar-refractivity contribution in [1.82, 2.24) is 0 Å². The average Bonchev–Trinajstić information content (AvgIpc) is 2.66. The van der Waals surface area contributed by atoms with Gasteiger partial charge in [-0.05, 0) is 56.2 Å². The Labute approximate surface area is 181 Å². The van der Waals surface area contributed by atoms with Crippen molar-refractivity contribution in [1.29, 1.82) is 0 Å². The van der Waals surface area contributed by atoms with E-state index in [1.165, 1.54) is 12.1 Å². The smallest absolute Gasteiger partial charge is 0.397 e. The van der Waals surface area contributed by atoms with Gasteiger partial charge in [-0.3, -0.25) is 9.59 Å². The van der Waals surface area contributed by atoms with Gasteiger partial charge in [0.2, 0.25) is 5.91 Å². The van der Waals surface area contributed by atoms with Crippen molar-refractivity contribution in [3.8, 4) is 17.2 Å². The number of aryl methyl sites for hydroxylation is 2. The van der Waals surface area contributed by atoms with Crippen molar-refractivity contribution in [2.45, 2.75) is 41.5 Å². The van der Waals surface area contributed by atoms with Gasteiger partial charge in [0.1, 0.15) is 17.2 Å². The fraction of sp³-hybridized carbons (Fsp3) is 0.348. The Bertz CT molecular complexity index is 985. The molecule has 0 saturated carbocycles. The highest BCUT2D eigenvalue weighted by Gasteiger charge is 2.22. The van der Waals surface area contributed by atoms with Crippen LogP contribution in [0.3, 0.4) is 0 Å². The van der Waals surface area contributed by atoms with Crippen LogP contribution in [0.2, 0.25) is 0 Å². The largest absolute Gasteiger partial charge is 0.506 e. The zero-order valence-corrected chi connectivity index (χ0v) is 18.6. The number of rotatable bonds is 5. The number of benzene rings is 2. The van der Waals surface area contributed by atoms with Crippen molar-refractivity contribution in [2.75, 3.05) is 17.2 Å². The highest BCUT2D eigenvalue weighted by atomic mass is 16.5. The first-order valence-corrected chi connectivity index (χ1v) is 9.84. The fourth-order valence-electron chi connectivity index (χ4n) is 2.67. The van der Waals surface area contributed by atoms with Crippen molar-refractivity contribution >= 4 is 29.2 Å². The highest BCUT2D eigenvalue weighted by Crippen LogP contribution is 2.35. The van der Waals surface area contributed by atoms with E-state index in [0.29, 0.717) is 28.3 Å². The number of anilines is 2. The number of ether oxygens (including phenoxy) is 2. The average molecular weight is 428 g/mol. The van der Waals surface area contributed by atoms with Gasteiger partial charge >= 0.3 is 11.9 Å². The molecule has 2 aromatic rings. The Hall–Kier alpha value is -3.55. The van der Waals surface area contributed by atoms with Crippen LogP contribution in [0.15, 0.2) is 30.3 Å². The van der Waals surface area contributed by atoms with Gasteiger partial charge in [-0.2, -0.15) is 0 Å². The molecule has 0 fully saturated rings. The second-order valence-electron chi connectivity index (χ2n) is 8.10. The molecule has 166 valence electrons. The molecule has 0 aliphatic rings. The van der Waals surface area contributed by atoms with Crippen molar-refractivity contribution < 1.29 is 29.0 Å². The summed E-state index contributed by atoms with van der Waals surface area (Å²) in [7, 11) is 0. The van der Waals surface area contributed by atoms with Gasteiger partial charge in [0.05, 0.1) is 12.3 Å². The Balaban J connectivity index is 2.23. The summed E-state index contributed by atoms with van der Waals surface area (Å²) in [5.74, 6) is -1.16. The van der Waals surface area contributed by atoms with Crippen LogP contribution in [0.25, 0.3) is 0 Å². The van der Waals surface area contributed by atoms with Gasteiger partial charge in [0.25, 0.3) is 0 Å². The molecule has 0 saturated heterocycles. The number of hydrogen-bond donors (Lipinski definition) is 3. The lowest BCUT2D eigenvalue weighted by molar-refractivity contribution is -0.152. The first-order valence-electron chi connectivity index (χ1n) is 9.84. The minimum Gasteiger partial charge on any atom is -0.506 e. The maximum atomic E-state index is 12.2. The normalized spacial score (nSPS) is 10.9. The topological polar surface area (TPSA) is 114 Å². The van der Waals surface area contributed by atoms with Crippen LogP contribution in [0.1, 0.15) is 38.8 Å². The summed E-state index contributed by atoms with van der Waals surface area (Å²) in [4.78, 5) is 35.6. The first kappa shape index (κ1) is 23.7. The van der Waals surface area contributed by atoms with Gasteiger partial charge in [0.15, 0.2) is 0 Å². The van der Waals surface area contributed by atoms with E-state index >= 15 is 0 Å². The number of nitrogens with one attached hydrogen (secondary N) is 2. The SMILES string of the molecule is CCOC(=O)C(=O)Nc1cc(C)c(Oc2ccc(O)c(NC(=O)C(C)(C)C)c2)c(C)c1. The number of esters is 1. The third kappa shape index (κ3) is 6.21. The molecule has 0 aliphatic heterocycles. The van der Waals surface area contributed by atoms with E-state index in [9.17, 15) is 19.5 Å². The van der Waals surface area contributed by atoms with Gasteiger partial charge < -0.3 is 25.2 Å². The lowest BCUT2D eigenvalue weighted by Gasteiger charge is -2.19. The number of hydrogen-bond acceptors (Lipinski definition) is 6. The van der Waals surface area contributed by atoms with Gasteiger partial charge in [-0.15, -0.1) is 0 Å². The van der Waals surface area contributed by atoms with Crippen LogP contribution < -0.4 is 15.4 Å². The lowest BCUT2D eigenvalue weighted by Crippen LogP contribution is -2.27. The fourth-order valence-corrected chi connectivity index (χ4v) is 2.67. The number of phenols is 1. The predicted molar refractivity (Wildman–Crippen MR) is 117 cm³/mol. The van der Waals surface area contributed by atoms with Gasteiger partial charge in [-0.25, -0.2) is 4.79 Å². The molecule has 8 heteroatoms. The molecule has 0 aliphatic carbocycles. The summed E-state index contributed by atoms with van der Waals surface area (Å²) in [6.45, 7) is 10.6. The lowest BCUT2D eigenvalue weighted by atomic mass is 9.95. The molecular formula is C23H28N2O6. The molecule has 2 rings (SSSR count). The van der Waals surface area contributed by atoms with E-state index in [1.54, 1.807) is 59.7 Å². The summed E-state index contributed by atoms with van der Waals surface area (Å²) >= 11 is 0. The van der Waals surface area contributed by atoms with Crippen molar-refractivity contribution in [3.63, 3.8) is 0 Å². The maximum Gasteiger partial charge on any atom is 0.397 e. The third-order valence-electron chi connectivity index (χ3n) is 4.30. The second kappa shape index (κ2) is 9.51. The van der Waals surface area contributed by atoms with Crippen molar-refractivity contribution in [2.24, 2.45) is 5.41 Å². The van der Waals surface area contributed by atoms with E-state index in [0.717, 1.165) is 0 Å². The van der Waals surface area contributed by atoms with E-state index in [4.69, 9.17) is 4.74 Å². The Kier molecular flexibility index (Phi) is 7.28. The van der Waals surface area contributed by atoms with E-state index in [1.807, 2.05) is 0 Å². The van der Waals surface area contributed by atoms with Crippen LogP contribution in [-0.2, 0) is 19.1 Å². The minimum atomic E-state index is -0.952. The molecule has 0 unspecified atom stereocenters. The molecule has 2 aromatic carbocycles. The zero-order chi connectivity index (χ0) is 23.3. The molecule has 0 heterocycles. The van der Waals surface area contributed by atoms with E-state index in [2.05, 4.69) is 15.4 Å². The molecule has 0 spiro atoms. The Morgan fingerprint density at radius 3 is 2.16 bits per heavy atom. The van der Waals surface area contributed by atoms with Crippen LogP contribution in [0.4, 0.5) is 11.4 Å². The predicted octanol–water partition coefficient (Wildman–Crippen LogP) is 4.29. The summed E-state index contributed by atoms with van der Waals surface area (Å²) in [6, 6.07) is 7.89. The van der Waals surface area contributed by atoms with Crippen LogP contribution in [-0.4, -0.2) is 29.5 Å². The molecular weight excluding hydrogens is 400 g/mol. The highest BCUT2D eigenvalue weighted by molar-refractivity contribution is 6.37. The number of carbonyl (C=O) groups is 3. The summed E-state index contributed by atoms with van der Waals surface area (Å²) in [5, 5.41) is 15.3. The number of carbonyl (C=O) groups excluding carboxylic acids is 3. The number of phenolic OH excluding ortho intramolecular Hbond substituents is 1. The number of aromatic hydroxyl groups is 1. The van der Waals surface area contributed by atoms with Crippen LogP contribution in [0, 0.1) is 19.3 Å². The van der Waals surface area contributed by atoms with E-state index < -0.39 is 17.3 Å². The van der Waals surface area contributed by atoms with E-state index in [-0.39, 0.29) is 24.0 Å². The van der Waals surface area contributed by atoms with Crippen LogP contribution in [0.5, 0.6) is 17.2 Å². The maximum absolute atomic E-state index is 12.2. The molecule has 2 amide bonds. The minimum absolute atomic E-state index is 0.0737. The van der Waals surface area contributed by atoms with Gasteiger partial charge in [0, 0.05) is 17.2 Å². The summed E-state index contributed by atoms with van der Waals surface area (Å²) < 4.78 is 10.7. The molecule has 0 radical (unpaired) electrons.